The Morgan fingerprint density at radius 1 is 1.19 bits per heavy atom. The summed E-state index contributed by atoms with van der Waals surface area (Å²) >= 11 is 0. The number of anilines is 1. The predicted molar refractivity (Wildman–Crippen MR) is 123 cm³/mol. The van der Waals surface area contributed by atoms with Gasteiger partial charge in [-0.15, -0.1) is 24.0 Å². The van der Waals surface area contributed by atoms with Crippen molar-refractivity contribution in [1.82, 2.24) is 10.6 Å². The third-order valence-corrected chi connectivity index (χ3v) is 5.49. The molecule has 0 radical (unpaired) electrons. The number of hydrogen-bond donors (Lipinski definition) is 3. The fourth-order valence-corrected chi connectivity index (χ4v) is 4.08. The fraction of sp³-hybridized carbons (Fsp3) is 0.619. The maximum atomic E-state index is 12.0. The molecule has 6 heteroatoms. The molecule has 0 saturated heterocycles. The molecular formula is C21H33IN4O. The van der Waals surface area contributed by atoms with E-state index >= 15 is 0 Å². The molecule has 1 unspecified atom stereocenters. The van der Waals surface area contributed by atoms with Gasteiger partial charge in [-0.25, -0.2) is 0 Å². The van der Waals surface area contributed by atoms with Gasteiger partial charge in [-0.05, 0) is 30.9 Å². The average molecular weight is 484 g/mol. The van der Waals surface area contributed by atoms with Crippen LogP contribution in [0.5, 0.6) is 0 Å². The lowest BCUT2D eigenvalue weighted by molar-refractivity contribution is -0.116. The van der Waals surface area contributed by atoms with Gasteiger partial charge < -0.3 is 16.0 Å². The first-order chi connectivity index (χ1) is 12.8. The number of nitrogens with zero attached hydrogens (tertiary/aromatic N) is 1. The molecule has 1 heterocycles. The Hall–Kier alpha value is -1.31. The van der Waals surface area contributed by atoms with Crippen molar-refractivity contribution >= 4 is 41.5 Å². The summed E-state index contributed by atoms with van der Waals surface area (Å²) in [5.74, 6) is 1.97. The third-order valence-electron chi connectivity index (χ3n) is 5.49. The average Bonchev–Trinajstić information content (AvgIpc) is 2.66. The highest BCUT2D eigenvalue weighted by Crippen LogP contribution is 2.32. The topological polar surface area (TPSA) is 65.5 Å². The number of para-hydroxylation sites is 1. The van der Waals surface area contributed by atoms with Crippen LogP contribution in [0.3, 0.4) is 0 Å². The van der Waals surface area contributed by atoms with Crippen LogP contribution < -0.4 is 16.0 Å². The summed E-state index contributed by atoms with van der Waals surface area (Å²) in [7, 11) is 0. The minimum absolute atomic E-state index is 0. The highest BCUT2D eigenvalue weighted by atomic mass is 127. The molecule has 150 valence electrons. The number of nitrogens with one attached hydrogen (secondary N) is 3. The number of amides is 1. The minimum atomic E-state index is 0. The van der Waals surface area contributed by atoms with Gasteiger partial charge in [0.05, 0.1) is 6.54 Å². The van der Waals surface area contributed by atoms with Gasteiger partial charge in [0.2, 0.25) is 5.91 Å². The Kier molecular flexibility index (Phi) is 9.38. The summed E-state index contributed by atoms with van der Waals surface area (Å²) in [6.07, 6.45) is 8.67. The van der Waals surface area contributed by atoms with E-state index in [1.807, 2.05) is 18.2 Å². The van der Waals surface area contributed by atoms with Crippen molar-refractivity contribution in [2.45, 2.75) is 57.8 Å². The molecule has 3 rings (SSSR count). The molecule has 2 aliphatic rings. The second kappa shape index (κ2) is 11.5. The van der Waals surface area contributed by atoms with E-state index in [2.05, 4.69) is 28.9 Å². The number of fused-ring (bicyclic) bond motifs is 1. The minimum Gasteiger partial charge on any atom is -0.357 e. The van der Waals surface area contributed by atoms with Crippen LogP contribution in [-0.2, 0) is 4.79 Å². The van der Waals surface area contributed by atoms with Gasteiger partial charge in [-0.3, -0.25) is 9.79 Å². The first kappa shape index (κ1) is 22.0. The van der Waals surface area contributed by atoms with Gasteiger partial charge in [0.1, 0.15) is 0 Å². The van der Waals surface area contributed by atoms with Crippen LogP contribution in [0, 0.1) is 5.92 Å². The Morgan fingerprint density at radius 2 is 1.96 bits per heavy atom. The molecule has 1 saturated carbocycles. The van der Waals surface area contributed by atoms with Crippen LogP contribution in [0.25, 0.3) is 0 Å². The second-order valence-corrected chi connectivity index (χ2v) is 7.48. The van der Waals surface area contributed by atoms with Crippen LogP contribution >= 0.6 is 24.0 Å². The molecule has 1 atom stereocenters. The standard InChI is InChI=1S/C21H32N4O.HI/c1-2-22-21(23-13-12-16-8-4-3-5-9-16)24-15-17-14-20(26)25-19-11-7-6-10-18(17)19;/h6-7,10-11,16-17H,2-5,8-9,12-15H2,1H3,(H,25,26)(H2,22,23,24);1H. The van der Waals surface area contributed by atoms with Gasteiger partial charge in [-0.1, -0.05) is 50.3 Å². The Bertz CT molecular complexity index is 628. The summed E-state index contributed by atoms with van der Waals surface area (Å²) in [5.41, 5.74) is 2.12. The zero-order chi connectivity index (χ0) is 18.2. The van der Waals surface area contributed by atoms with Crippen LogP contribution in [-0.4, -0.2) is 31.5 Å². The molecule has 1 aliphatic carbocycles. The van der Waals surface area contributed by atoms with Crippen molar-refractivity contribution < 1.29 is 4.79 Å². The molecule has 0 bridgehead atoms. The molecule has 1 aliphatic heterocycles. The fourth-order valence-electron chi connectivity index (χ4n) is 4.08. The number of carbonyl (C=O) groups is 1. The van der Waals surface area contributed by atoms with E-state index < -0.39 is 0 Å². The number of rotatable bonds is 6. The van der Waals surface area contributed by atoms with E-state index in [0.717, 1.165) is 30.7 Å². The monoisotopic (exact) mass is 484 g/mol. The lowest BCUT2D eigenvalue weighted by Crippen LogP contribution is -2.39. The highest BCUT2D eigenvalue weighted by Gasteiger charge is 2.24. The van der Waals surface area contributed by atoms with Gasteiger partial charge in [-0.2, -0.15) is 0 Å². The van der Waals surface area contributed by atoms with Gasteiger partial charge in [0.25, 0.3) is 0 Å². The molecule has 0 aromatic heterocycles. The van der Waals surface area contributed by atoms with Crippen molar-refractivity contribution in [3.8, 4) is 0 Å². The van der Waals surface area contributed by atoms with Crippen molar-refractivity contribution in [1.29, 1.82) is 0 Å². The first-order valence-electron chi connectivity index (χ1n) is 10.2. The second-order valence-electron chi connectivity index (χ2n) is 7.48. The molecule has 1 fully saturated rings. The van der Waals surface area contributed by atoms with Crippen LogP contribution in [0.2, 0.25) is 0 Å². The summed E-state index contributed by atoms with van der Waals surface area (Å²) in [6, 6.07) is 8.05. The molecule has 1 amide bonds. The Morgan fingerprint density at radius 3 is 2.74 bits per heavy atom. The van der Waals surface area contributed by atoms with E-state index in [1.165, 1.54) is 44.1 Å². The summed E-state index contributed by atoms with van der Waals surface area (Å²) in [6.45, 7) is 4.53. The molecule has 0 spiro atoms. The number of carbonyl (C=O) groups excluding carboxylic acids is 1. The van der Waals surface area contributed by atoms with Gasteiger partial charge in [0, 0.05) is 31.1 Å². The largest absolute Gasteiger partial charge is 0.357 e. The summed E-state index contributed by atoms with van der Waals surface area (Å²) in [4.78, 5) is 16.7. The van der Waals surface area contributed by atoms with E-state index in [1.54, 1.807) is 0 Å². The number of benzene rings is 1. The molecule has 1 aromatic rings. The van der Waals surface area contributed by atoms with Gasteiger partial charge >= 0.3 is 0 Å². The molecule has 27 heavy (non-hydrogen) atoms. The maximum absolute atomic E-state index is 12.0. The molecule has 5 nitrogen and oxygen atoms in total. The number of hydrogen-bond acceptors (Lipinski definition) is 2. The third kappa shape index (κ3) is 6.66. The van der Waals surface area contributed by atoms with Crippen LogP contribution in [0.15, 0.2) is 29.3 Å². The molecule has 1 aromatic carbocycles. The lowest BCUT2D eigenvalue weighted by Gasteiger charge is -2.25. The lowest BCUT2D eigenvalue weighted by atomic mass is 9.87. The SMILES string of the molecule is CCNC(=NCC1CC(=O)Nc2ccccc21)NCCC1CCCCC1.I. The van der Waals surface area contributed by atoms with E-state index in [-0.39, 0.29) is 35.8 Å². The van der Waals surface area contributed by atoms with E-state index in [0.29, 0.717) is 13.0 Å². The van der Waals surface area contributed by atoms with Crippen LogP contribution in [0.1, 0.15) is 63.4 Å². The normalized spacial score (nSPS) is 20.3. The number of guanidine groups is 1. The summed E-state index contributed by atoms with van der Waals surface area (Å²) in [5, 5.41) is 9.77. The molecular weight excluding hydrogens is 451 g/mol. The van der Waals surface area contributed by atoms with Crippen molar-refractivity contribution in [3.63, 3.8) is 0 Å². The van der Waals surface area contributed by atoms with Crippen molar-refractivity contribution in [3.05, 3.63) is 29.8 Å². The Balaban J connectivity index is 0.00000261. The number of aliphatic imine (C=N–C) groups is 1. The molecule has 3 N–H and O–H groups in total. The van der Waals surface area contributed by atoms with Crippen LogP contribution in [0.4, 0.5) is 5.69 Å². The maximum Gasteiger partial charge on any atom is 0.225 e. The summed E-state index contributed by atoms with van der Waals surface area (Å²) < 4.78 is 0. The van der Waals surface area contributed by atoms with Crippen molar-refractivity contribution in [2.75, 3.05) is 25.0 Å². The van der Waals surface area contributed by atoms with Gasteiger partial charge in [0.15, 0.2) is 5.96 Å². The quantitative estimate of drug-likeness (QED) is 0.321. The highest BCUT2D eigenvalue weighted by molar-refractivity contribution is 14.0. The first-order valence-corrected chi connectivity index (χ1v) is 10.2. The number of halogens is 1. The zero-order valence-corrected chi connectivity index (χ0v) is 18.6. The smallest absolute Gasteiger partial charge is 0.225 e. The predicted octanol–water partition coefficient (Wildman–Crippen LogP) is 4.26. The van der Waals surface area contributed by atoms with E-state index in [4.69, 9.17) is 4.99 Å². The Labute approximate surface area is 180 Å². The zero-order valence-electron chi connectivity index (χ0n) is 16.3. The van der Waals surface area contributed by atoms with Crippen molar-refractivity contribution in [2.24, 2.45) is 10.9 Å². The van der Waals surface area contributed by atoms with E-state index in [9.17, 15) is 4.79 Å².